The molecule has 0 saturated heterocycles. The molecular formula is C5H9NO3. The van der Waals surface area contributed by atoms with Crippen molar-refractivity contribution in [3.63, 3.8) is 0 Å². The molecule has 4 heteroatoms. The molecule has 0 atom stereocenters. The van der Waals surface area contributed by atoms with E-state index < -0.39 is 0 Å². The monoisotopic (exact) mass is 131 g/mol. The first kappa shape index (κ1) is 6.54. The Hall–Kier alpha value is -0.580. The molecule has 0 aromatic heterocycles. The van der Waals surface area contributed by atoms with E-state index in [-0.39, 0.29) is 0 Å². The lowest BCUT2D eigenvalue weighted by Crippen LogP contribution is -2.26. The summed E-state index contributed by atoms with van der Waals surface area (Å²) in [6.45, 7) is 3.06. The van der Waals surface area contributed by atoms with E-state index >= 15 is 0 Å². The van der Waals surface area contributed by atoms with E-state index in [1.165, 1.54) is 11.5 Å². The van der Waals surface area contributed by atoms with Crippen molar-refractivity contribution >= 4 is 0 Å². The van der Waals surface area contributed by atoms with Crippen LogP contribution in [0.5, 0.6) is 0 Å². The molecule has 0 aliphatic carbocycles. The molecule has 0 unspecified atom stereocenters. The van der Waals surface area contributed by atoms with Crippen molar-refractivity contribution in [2.24, 2.45) is 0 Å². The zero-order chi connectivity index (χ0) is 6.53. The maximum atomic E-state index is 4.92. The average molecular weight is 131 g/mol. The molecule has 0 saturated carbocycles. The van der Waals surface area contributed by atoms with Crippen molar-refractivity contribution in [1.82, 2.24) is 5.23 Å². The Morgan fingerprint density at radius 3 is 3.22 bits per heavy atom. The molecule has 52 valence electrons. The fraction of sp³-hybridized carbons (Fsp3) is 0.600. The molecule has 1 heterocycles. The van der Waals surface area contributed by atoms with Crippen LogP contribution in [0, 0.1) is 0 Å². The van der Waals surface area contributed by atoms with Crippen LogP contribution in [0.15, 0.2) is 12.3 Å². The first-order chi connectivity index (χ1) is 4.43. The first-order valence-corrected chi connectivity index (χ1v) is 2.82. The predicted molar refractivity (Wildman–Crippen MR) is 29.6 cm³/mol. The average Bonchev–Trinajstić information content (AvgIpc) is 1.91. The first-order valence-electron chi connectivity index (χ1n) is 2.82. The van der Waals surface area contributed by atoms with Gasteiger partial charge in [-0.05, 0) is 18.2 Å². The van der Waals surface area contributed by atoms with E-state index in [9.17, 15) is 0 Å². The zero-order valence-corrected chi connectivity index (χ0v) is 5.24. The Kier molecular flexibility index (Phi) is 2.50. The third-order valence-electron chi connectivity index (χ3n) is 0.806. The van der Waals surface area contributed by atoms with Gasteiger partial charge in [-0.15, -0.1) is 0 Å². The quantitative estimate of drug-likeness (QED) is 0.514. The molecule has 0 radical (unpaired) electrons. The highest BCUT2D eigenvalue weighted by Gasteiger charge is 2.06. The van der Waals surface area contributed by atoms with Crippen LogP contribution in [0.4, 0.5) is 0 Å². The number of rotatable bonds is 2. The summed E-state index contributed by atoms with van der Waals surface area (Å²) in [6.07, 6.45) is 3.26. The Morgan fingerprint density at radius 2 is 2.67 bits per heavy atom. The van der Waals surface area contributed by atoms with Gasteiger partial charge in [-0.2, -0.15) is 0 Å². The lowest BCUT2D eigenvalue weighted by molar-refractivity contribution is -0.506. The summed E-state index contributed by atoms with van der Waals surface area (Å²) in [4.78, 5) is 13.9. The van der Waals surface area contributed by atoms with Gasteiger partial charge in [0.25, 0.3) is 0 Å². The Morgan fingerprint density at radius 1 is 1.78 bits per heavy atom. The summed E-state index contributed by atoms with van der Waals surface area (Å²) in [5, 5.41) is 1.26. The minimum absolute atomic E-state index is 0.581. The molecule has 1 aliphatic rings. The molecule has 0 spiro atoms. The summed E-state index contributed by atoms with van der Waals surface area (Å²) in [7, 11) is 0. The maximum Gasteiger partial charge on any atom is 0.129 e. The number of hydroxylamine groups is 2. The van der Waals surface area contributed by atoms with Crippen molar-refractivity contribution in [3.8, 4) is 0 Å². The molecule has 0 aromatic carbocycles. The van der Waals surface area contributed by atoms with Crippen LogP contribution in [0.1, 0.15) is 6.92 Å². The second kappa shape index (κ2) is 3.45. The predicted octanol–water partition coefficient (Wildman–Crippen LogP) is 0.630. The summed E-state index contributed by atoms with van der Waals surface area (Å²) in [5.74, 6) is 0. The largest absolute Gasteiger partial charge is 0.326 e. The highest BCUT2D eigenvalue weighted by molar-refractivity contribution is 4.74. The smallest absolute Gasteiger partial charge is 0.129 e. The van der Waals surface area contributed by atoms with E-state index in [0.717, 1.165) is 0 Å². The van der Waals surface area contributed by atoms with Gasteiger partial charge in [0.1, 0.15) is 6.26 Å². The molecule has 0 bridgehead atoms. The molecule has 0 amide bonds. The minimum Gasteiger partial charge on any atom is -0.326 e. The number of hydrogen-bond donors (Lipinski definition) is 0. The van der Waals surface area contributed by atoms with Crippen LogP contribution >= 0.6 is 0 Å². The third kappa shape index (κ3) is 2.01. The van der Waals surface area contributed by atoms with Gasteiger partial charge in [0.05, 0.1) is 13.2 Å². The summed E-state index contributed by atoms with van der Waals surface area (Å²) >= 11 is 0. The van der Waals surface area contributed by atoms with E-state index in [1.807, 2.05) is 6.92 Å². The summed E-state index contributed by atoms with van der Waals surface area (Å²) < 4.78 is 0. The standard InChI is InChI=1S/C5H9NO3/c1-2-7-6-4-3-5-8-9-6/h3,5H,2,4H2,1H3. The lowest BCUT2D eigenvalue weighted by atomic mass is 10.6. The van der Waals surface area contributed by atoms with E-state index in [1.54, 1.807) is 6.08 Å². The van der Waals surface area contributed by atoms with Crippen LogP contribution in [-0.2, 0) is 14.7 Å². The highest BCUT2D eigenvalue weighted by Crippen LogP contribution is 1.99. The van der Waals surface area contributed by atoms with Crippen LogP contribution < -0.4 is 0 Å². The third-order valence-corrected chi connectivity index (χ3v) is 0.806. The van der Waals surface area contributed by atoms with Gasteiger partial charge < -0.3 is 4.89 Å². The van der Waals surface area contributed by atoms with Crippen LogP contribution in [-0.4, -0.2) is 18.4 Å². The molecule has 0 N–H and O–H groups in total. The number of nitrogens with zero attached hydrogens (tertiary/aromatic N) is 1. The van der Waals surface area contributed by atoms with Gasteiger partial charge in [-0.3, -0.25) is 4.84 Å². The molecule has 9 heavy (non-hydrogen) atoms. The fourth-order valence-corrected chi connectivity index (χ4v) is 0.490. The summed E-state index contributed by atoms with van der Waals surface area (Å²) in [6, 6.07) is 0. The Labute approximate surface area is 53.4 Å². The van der Waals surface area contributed by atoms with Crippen molar-refractivity contribution in [1.29, 1.82) is 0 Å². The van der Waals surface area contributed by atoms with Crippen molar-refractivity contribution in [2.45, 2.75) is 6.92 Å². The molecule has 1 rings (SSSR count). The van der Waals surface area contributed by atoms with Gasteiger partial charge >= 0.3 is 0 Å². The SMILES string of the molecule is CCON1CC=COO1. The normalized spacial score (nSPS) is 19.7. The molecular weight excluding hydrogens is 122 g/mol. The van der Waals surface area contributed by atoms with Gasteiger partial charge in [0.2, 0.25) is 0 Å². The topological polar surface area (TPSA) is 30.9 Å². The number of hydrogen-bond acceptors (Lipinski definition) is 4. The van der Waals surface area contributed by atoms with Crippen LogP contribution in [0.3, 0.4) is 0 Å². The van der Waals surface area contributed by atoms with Gasteiger partial charge in [-0.25, -0.2) is 0 Å². The Balaban J connectivity index is 2.18. The van der Waals surface area contributed by atoms with Crippen molar-refractivity contribution < 1.29 is 14.7 Å². The highest BCUT2D eigenvalue weighted by atomic mass is 17.3. The molecule has 0 fully saturated rings. The van der Waals surface area contributed by atoms with Crippen molar-refractivity contribution in [2.75, 3.05) is 13.2 Å². The minimum atomic E-state index is 0.581. The van der Waals surface area contributed by atoms with Gasteiger partial charge in [0, 0.05) is 0 Å². The van der Waals surface area contributed by atoms with Crippen molar-refractivity contribution in [3.05, 3.63) is 12.3 Å². The van der Waals surface area contributed by atoms with E-state index in [4.69, 9.17) is 4.84 Å². The molecule has 0 aromatic rings. The van der Waals surface area contributed by atoms with Gasteiger partial charge in [0.15, 0.2) is 0 Å². The second-order valence-electron chi connectivity index (χ2n) is 1.48. The second-order valence-corrected chi connectivity index (χ2v) is 1.48. The molecule has 4 nitrogen and oxygen atoms in total. The summed E-state index contributed by atoms with van der Waals surface area (Å²) in [5.41, 5.74) is 0. The molecule has 1 aliphatic heterocycles. The van der Waals surface area contributed by atoms with Gasteiger partial charge in [-0.1, -0.05) is 4.99 Å². The maximum absolute atomic E-state index is 4.92. The Bertz CT molecular complexity index is 104. The van der Waals surface area contributed by atoms with E-state index in [2.05, 4.69) is 9.88 Å². The fourth-order valence-electron chi connectivity index (χ4n) is 0.490. The van der Waals surface area contributed by atoms with Crippen LogP contribution in [0.2, 0.25) is 0 Å². The zero-order valence-electron chi connectivity index (χ0n) is 5.24. The lowest BCUT2D eigenvalue weighted by Gasteiger charge is -2.17. The van der Waals surface area contributed by atoms with E-state index in [0.29, 0.717) is 13.2 Å². The van der Waals surface area contributed by atoms with Crippen LogP contribution in [0.25, 0.3) is 0 Å².